The molecule has 0 bridgehead atoms. The summed E-state index contributed by atoms with van der Waals surface area (Å²) >= 11 is 0. The highest BCUT2D eigenvalue weighted by Crippen LogP contribution is 2.28. The van der Waals surface area contributed by atoms with Crippen LogP contribution in [0.15, 0.2) is 0 Å². The number of esters is 1. The van der Waals surface area contributed by atoms with Crippen molar-refractivity contribution < 1.29 is 19.1 Å². The highest BCUT2D eigenvalue weighted by Gasteiger charge is 2.33. The average Bonchev–Trinajstić information content (AvgIpc) is 2.50. The third-order valence-corrected chi connectivity index (χ3v) is 4.13. The number of hydrogen-bond acceptors (Lipinski definition) is 5. The van der Waals surface area contributed by atoms with Crippen LogP contribution in [0, 0.1) is 0 Å². The Labute approximate surface area is 119 Å². The van der Waals surface area contributed by atoms with E-state index >= 15 is 0 Å². The lowest BCUT2D eigenvalue weighted by atomic mass is 9.90. The van der Waals surface area contributed by atoms with Crippen LogP contribution in [0.1, 0.15) is 32.1 Å². The Hall–Kier alpha value is -1.14. The number of nitrogens with zero attached hydrogens (tertiary/aromatic N) is 1. The summed E-state index contributed by atoms with van der Waals surface area (Å²) in [5, 5.41) is 2.57. The van der Waals surface area contributed by atoms with Gasteiger partial charge in [0.05, 0.1) is 19.8 Å². The van der Waals surface area contributed by atoms with E-state index in [1.807, 2.05) is 0 Å². The quantitative estimate of drug-likeness (QED) is 0.736. The van der Waals surface area contributed by atoms with Crippen molar-refractivity contribution in [1.29, 1.82) is 0 Å². The molecule has 1 aliphatic carbocycles. The van der Waals surface area contributed by atoms with Crippen LogP contribution in [0.4, 0.5) is 0 Å². The van der Waals surface area contributed by atoms with Crippen molar-refractivity contribution in [3.05, 3.63) is 0 Å². The standard InChI is InChI=1S/C14H24N2O4/c1-19-14(18)10-15-13(17)6-7-16-8-9-20-12-5-3-2-4-11(12)16/h11-12H,2-10H2,1H3,(H,15,17)/t11-,12-/m0/s1. The summed E-state index contributed by atoms with van der Waals surface area (Å²) in [5.41, 5.74) is 0. The molecule has 114 valence electrons. The fraction of sp³-hybridized carbons (Fsp3) is 0.857. The first-order chi connectivity index (χ1) is 9.70. The zero-order valence-electron chi connectivity index (χ0n) is 12.1. The van der Waals surface area contributed by atoms with Crippen molar-refractivity contribution in [2.24, 2.45) is 0 Å². The van der Waals surface area contributed by atoms with Gasteiger partial charge in [-0.15, -0.1) is 0 Å². The van der Waals surface area contributed by atoms with E-state index < -0.39 is 5.97 Å². The number of fused-ring (bicyclic) bond motifs is 1. The molecule has 20 heavy (non-hydrogen) atoms. The van der Waals surface area contributed by atoms with Gasteiger partial charge in [-0.3, -0.25) is 14.5 Å². The molecule has 0 aromatic rings. The Morgan fingerprint density at radius 1 is 1.35 bits per heavy atom. The van der Waals surface area contributed by atoms with Gasteiger partial charge < -0.3 is 14.8 Å². The molecule has 1 aliphatic heterocycles. The maximum atomic E-state index is 11.7. The van der Waals surface area contributed by atoms with Gasteiger partial charge in [-0.25, -0.2) is 0 Å². The first-order valence-corrected chi connectivity index (χ1v) is 7.40. The normalized spacial score (nSPS) is 26.6. The number of carbonyl (C=O) groups excluding carboxylic acids is 2. The van der Waals surface area contributed by atoms with Crippen LogP contribution in [0.3, 0.4) is 0 Å². The Morgan fingerprint density at radius 3 is 2.95 bits per heavy atom. The largest absolute Gasteiger partial charge is 0.468 e. The number of nitrogens with one attached hydrogen (secondary N) is 1. The molecule has 2 aliphatic rings. The number of methoxy groups -OCH3 is 1. The van der Waals surface area contributed by atoms with E-state index in [0.29, 0.717) is 18.6 Å². The average molecular weight is 284 g/mol. The van der Waals surface area contributed by atoms with E-state index in [1.165, 1.54) is 20.0 Å². The molecule has 1 amide bonds. The molecular formula is C14H24N2O4. The molecule has 0 aromatic heterocycles. The summed E-state index contributed by atoms with van der Waals surface area (Å²) in [6, 6.07) is 0.464. The second kappa shape index (κ2) is 7.59. The minimum atomic E-state index is -0.419. The Balaban J connectivity index is 1.72. The first kappa shape index (κ1) is 15.3. The van der Waals surface area contributed by atoms with E-state index in [0.717, 1.165) is 32.5 Å². The van der Waals surface area contributed by atoms with Crippen LogP contribution in [-0.4, -0.2) is 62.3 Å². The predicted octanol–water partition coefficient (Wildman–Crippen LogP) is 0.309. The zero-order valence-corrected chi connectivity index (χ0v) is 12.1. The summed E-state index contributed by atoms with van der Waals surface area (Å²) in [7, 11) is 1.31. The van der Waals surface area contributed by atoms with E-state index in [-0.39, 0.29) is 12.5 Å². The van der Waals surface area contributed by atoms with E-state index in [1.54, 1.807) is 0 Å². The SMILES string of the molecule is COC(=O)CNC(=O)CCN1CCO[C@H]2CCCC[C@@H]21. The zero-order chi connectivity index (χ0) is 14.4. The minimum Gasteiger partial charge on any atom is -0.468 e. The van der Waals surface area contributed by atoms with Gasteiger partial charge in [0.2, 0.25) is 5.91 Å². The minimum absolute atomic E-state index is 0.0511. The Morgan fingerprint density at radius 2 is 2.15 bits per heavy atom. The molecule has 6 heteroatoms. The number of carbonyl (C=O) groups is 2. The monoisotopic (exact) mass is 284 g/mol. The van der Waals surface area contributed by atoms with Gasteiger partial charge in [-0.1, -0.05) is 12.8 Å². The second-order valence-corrected chi connectivity index (χ2v) is 5.40. The lowest BCUT2D eigenvalue weighted by Gasteiger charge is -2.43. The molecule has 0 aromatic carbocycles. The number of amides is 1. The van der Waals surface area contributed by atoms with E-state index in [2.05, 4.69) is 15.0 Å². The van der Waals surface area contributed by atoms with Crippen molar-refractivity contribution in [2.75, 3.05) is 33.4 Å². The van der Waals surface area contributed by atoms with Crippen molar-refractivity contribution in [3.63, 3.8) is 0 Å². The van der Waals surface area contributed by atoms with Gasteiger partial charge >= 0.3 is 5.97 Å². The maximum absolute atomic E-state index is 11.7. The van der Waals surface area contributed by atoms with Crippen LogP contribution < -0.4 is 5.32 Å². The second-order valence-electron chi connectivity index (χ2n) is 5.40. The summed E-state index contributed by atoms with van der Waals surface area (Å²) in [4.78, 5) is 25.0. The van der Waals surface area contributed by atoms with Gasteiger partial charge in [0, 0.05) is 25.6 Å². The highest BCUT2D eigenvalue weighted by atomic mass is 16.5. The molecular weight excluding hydrogens is 260 g/mol. The summed E-state index contributed by atoms with van der Waals surface area (Å²) < 4.78 is 10.3. The third kappa shape index (κ3) is 4.18. The van der Waals surface area contributed by atoms with Crippen LogP contribution in [0.5, 0.6) is 0 Å². The summed E-state index contributed by atoms with van der Waals surface area (Å²) in [6.45, 7) is 2.33. The van der Waals surface area contributed by atoms with E-state index in [4.69, 9.17) is 4.74 Å². The van der Waals surface area contributed by atoms with Crippen molar-refractivity contribution in [1.82, 2.24) is 10.2 Å². The topological polar surface area (TPSA) is 67.9 Å². The fourth-order valence-corrected chi connectivity index (χ4v) is 3.03. The molecule has 1 saturated heterocycles. The maximum Gasteiger partial charge on any atom is 0.325 e. The predicted molar refractivity (Wildman–Crippen MR) is 73.2 cm³/mol. The molecule has 1 saturated carbocycles. The van der Waals surface area contributed by atoms with Gasteiger partial charge in [0.1, 0.15) is 6.54 Å². The van der Waals surface area contributed by atoms with Crippen LogP contribution in [0.2, 0.25) is 0 Å². The van der Waals surface area contributed by atoms with Crippen LogP contribution in [-0.2, 0) is 19.1 Å². The molecule has 1 N–H and O–H groups in total. The van der Waals surface area contributed by atoms with E-state index in [9.17, 15) is 9.59 Å². The number of rotatable bonds is 5. The molecule has 2 fully saturated rings. The van der Waals surface area contributed by atoms with Crippen molar-refractivity contribution in [3.8, 4) is 0 Å². The molecule has 0 spiro atoms. The molecule has 6 nitrogen and oxygen atoms in total. The molecule has 0 radical (unpaired) electrons. The Kier molecular flexibility index (Phi) is 5.79. The highest BCUT2D eigenvalue weighted by molar-refractivity contribution is 5.81. The lowest BCUT2D eigenvalue weighted by molar-refractivity contribution is -0.141. The third-order valence-electron chi connectivity index (χ3n) is 4.13. The first-order valence-electron chi connectivity index (χ1n) is 7.40. The summed E-state index contributed by atoms with van der Waals surface area (Å²) in [6.07, 6.45) is 5.55. The number of morpholine rings is 1. The molecule has 0 unspecified atom stereocenters. The number of hydrogen-bond donors (Lipinski definition) is 1. The van der Waals surface area contributed by atoms with Gasteiger partial charge in [0.15, 0.2) is 0 Å². The Bertz CT molecular complexity index is 346. The van der Waals surface area contributed by atoms with Crippen molar-refractivity contribution in [2.45, 2.75) is 44.2 Å². The molecule has 1 heterocycles. The van der Waals surface area contributed by atoms with Crippen LogP contribution >= 0.6 is 0 Å². The lowest BCUT2D eigenvalue weighted by Crippen LogP contribution is -2.53. The fourth-order valence-electron chi connectivity index (χ4n) is 3.03. The smallest absolute Gasteiger partial charge is 0.325 e. The van der Waals surface area contributed by atoms with Gasteiger partial charge in [-0.2, -0.15) is 0 Å². The molecule has 2 atom stereocenters. The summed E-state index contributed by atoms with van der Waals surface area (Å²) in [5.74, 6) is -0.522. The van der Waals surface area contributed by atoms with Crippen molar-refractivity contribution >= 4 is 11.9 Å². The van der Waals surface area contributed by atoms with Crippen LogP contribution in [0.25, 0.3) is 0 Å². The molecule has 2 rings (SSSR count). The van der Waals surface area contributed by atoms with Gasteiger partial charge in [-0.05, 0) is 12.8 Å². The number of ether oxygens (including phenoxy) is 2. The van der Waals surface area contributed by atoms with Gasteiger partial charge in [0.25, 0.3) is 0 Å².